The van der Waals surface area contributed by atoms with Crippen LogP contribution in [0.3, 0.4) is 0 Å². The molecule has 0 atom stereocenters. The number of nitrogens with zero attached hydrogens (tertiary/aromatic N) is 1. The summed E-state index contributed by atoms with van der Waals surface area (Å²) in [5.41, 5.74) is 0.781. The lowest BCUT2D eigenvalue weighted by Crippen LogP contribution is -2.36. The third kappa shape index (κ3) is 2.84. The van der Waals surface area contributed by atoms with E-state index in [0.29, 0.717) is 5.56 Å². The maximum absolute atomic E-state index is 12.8. The monoisotopic (exact) mass is 313 g/mol. The van der Waals surface area contributed by atoms with Crippen molar-refractivity contribution < 1.29 is 13.2 Å². The smallest absolute Gasteiger partial charge is 0.268 e. The number of benzene rings is 2. The van der Waals surface area contributed by atoms with Crippen molar-refractivity contribution in [3.8, 4) is 0 Å². The van der Waals surface area contributed by atoms with Crippen LogP contribution >= 0.6 is 0 Å². The van der Waals surface area contributed by atoms with Crippen LogP contribution in [-0.4, -0.2) is 14.3 Å². The number of para-hydroxylation sites is 1. The number of hydrogen-bond donors (Lipinski definition) is 0. The molecule has 0 N–H and O–H groups in total. The first-order valence-corrected chi connectivity index (χ1v) is 7.94. The molecule has 112 valence electrons. The predicted molar refractivity (Wildman–Crippen MR) is 87.8 cm³/mol. The second-order valence-corrected chi connectivity index (χ2v) is 6.17. The van der Waals surface area contributed by atoms with Crippen LogP contribution in [0.25, 0.3) is 6.08 Å². The van der Waals surface area contributed by atoms with E-state index in [9.17, 15) is 13.2 Å². The number of anilines is 1. The number of sulfonamides is 1. The average Bonchev–Trinajstić information content (AvgIpc) is 2.56. The van der Waals surface area contributed by atoms with Crippen molar-refractivity contribution in [2.24, 2.45) is 0 Å². The molecule has 0 bridgehead atoms. The molecule has 0 unspecified atom stereocenters. The standard InChI is InChI=1S/C17H15NO3S/c1-3-14-10-8-9-13-16(14)18(17(19)4-2)22(20,21)15-11-6-5-7-12-15/h3-13H,1-2H2. The van der Waals surface area contributed by atoms with Gasteiger partial charge in [0.25, 0.3) is 15.9 Å². The number of amides is 1. The van der Waals surface area contributed by atoms with Gasteiger partial charge >= 0.3 is 0 Å². The van der Waals surface area contributed by atoms with Gasteiger partial charge < -0.3 is 0 Å². The summed E-state index contributed by atoms with van der Waals surface area (Å²) in [6, 6.07) is 14.4. The van der Waals surface area contributed by atoms with E-state index in [2.05, 4.69) is 13.2 Å². The zero-order chi connectivity index (χ0) is 16.2. The van der Waals surface area contributed by atoms with Gasteiger partial charge in [-0.1, -0.05) is 55.6 Å². The number of carbonyl (C=O) groups excluding carboxylic acids is 1. The molecule has 0 saturated heterocycles. The molecule has 0 spiro atoms. The van der Waals surface area contributed by atoms with E-state index in [4.69, 9.17) is 0 Å². The topological polar surface area (TPSA) is 54.5 Å². The highest BCUT2D eigenvalue weighted by atomic mass is 32.2. The fraction of sp³-hybridized carbons (Fsp3) is 0. The minimum absolute atomic E-state index is 0.0315. The van der Waals surface area contributed by atoms with Crippen molar-refractivity contribution in [1.29, 1.82) is 0 Å². The summed E-state index contributed by atoms with van der Waals surface area (Å²) >= 11 is 0. The molecule has 0 fully saturated rings. The van der Waals surface area contributed by atoms with Crippen LogP contribution in [0.15, 0.2) is 78.7 Å². The van der Waals surface area contributed by atoms with E-state index in [0.717, 1.165) is 10.4 Å². The maximum atomic E-state index is 12.8. The van der Waals surface area contributed by atoms with Gasteiger partial charge in [0.2, 0.25) is 0 Å². The molecule has 0 aliphatic carbocycles. The highest BCUT2D eigenvalue weighted by Gasteiger charge is 2.30. The van der Waals surface area contributed by atoms with Crippen LogP contribution in [0.5, 0.6) is 0 Å². The van der Waals surface area contributed by atoms with Crippen molar-refractivity contribution in [3.63, 3.8) is 0 Å². The fourth-order valence-electron chi connectivity index (χ4n) is 1.99. The van der Waals surface area contributed by atoms with E-state index < -0.39 is 15.9 Å². The Morgan fingerprint density at radius 2 is 1.55 bits per heavy atom. The minimum atomic E-state index is -4.03. The van der Waals surface area contributed by atoms with Crippen molar-refractivity contribution in [3.05, 3.63) is 79.4 Å². The molecule has 0 aliphatic rings. The lowest BCUT2D eigenvalue weighted by Gasteiger charge is -2.23. The van der Waals surface area contributed by atoms with Crippen LogP contribution < -0.4 is 4.31 Å². The van der Waals surface area contributed by atoms with Crippen molar-refractivity contribution in [2.45, 2.75) is 4.90 Å². The Bertz CT molecular complexity index is 811. The number of rotatable bonds is 5. The van der Waals surface area contributed by atoms with E-state index in [1.165, 1.54) is 18.2 Å². The highest BCUT2D eigenvalue weighted by molar-refractivity contribution is 7.93. The first-order valence-electron chi connectivity index (χ1n) is 6.50. The molecule has 0 saturated carbocycles. The molecular formula is C17H15NO3S. The summed E-state index contributed by atoms with van der Waals surface area (Å²) in [5.74, 6) is -0.724. The largest absolute Gasteiger partial charge is 0.271 e. The quantitative estimate of drug-likeness (QED) is 0.796. The first-order chi connectivity index (χ1) is 10.5. The first kappa shape index (κ1) is 15.7. The Hall–Kier alpha value is -2.66. The lowest BCUT2D eigenvalue weighted by molar-refractivity contribution is -0.113. The average molecular weight is 313 g/mol. The summed E-state index contributed by atoms with van der Waals surface area (Å²) in [4.78, 5) is 12.2. The van der Waals surface area contributed by atoms with Gasteiger partial charge in [0.15, 0.2) is 0 Å². The van der Waals surface area contributed by atoms with E-state index >= 15 is 0 Å². The van der Waals surface area contributed by atoms with E-state index in [1.54, 1.807) is 42.5 Å². The molecular weight excluding hydrogens is 298 g/mol. The minimum Gasteiger partial charge on any atom is -0.268 e. The molecule has 0 heterocycles. The van der Waals surface area contributed by atoms with Crippen LogP contribution in [-0.2, 0) is 14.8 Å². The van der Waals surface area contributed by atoms with Crippen molar-refractivity contribution in [1.82, 2.24) is 0 Å². The molecule has 0 aliphatic heterocycles. The second-order valence-electron chi connectivity index (χ2n) is 4.39. The predicted octanol–water partition coefficient (Wildman–Crippen LogP) is 3.24. The number of carbonyl (C=O) groups is 1. The van der Waals surface area contributed by atoms with Gasteiger partial charge in [-0.05, 0) is 29.8 Å². The normalized spacial score (nSPS) is 10.7. The zero-order valence-corrected chi connectivity index (χ0v) is 12.7. The molecule has 2 aromatic carbocycles. The second kappa shape index (κ2) is 6.41. The summed E-state index contributed by atoms with van der Waals surface area (Å²) in [6.07, 6.45) is 2.47. The molecule has 5 heteroatoms. The van der Waals surface area contributed by atoms with Gasteiger partial charge in [-0.2, -0.15) is 4.31 Å². The summed E-state index contributed by atoms with van der Waals surface area (Å²) in [6.45, 7) is 7.04. The highest BCUT2D eigenvalue weighted by Crippen LogP contribution is 2.28. The van der Waals surface area contributed by atoms with Gasteiger partial charge in [-0.3, -0.25) is 4.79 Å². The fourth-order valence-corrected chi connectivity index (χ4v) is 3.44. The van der Waals surface area contributed by atoms with Gasteiger partial charge in [0.1, 0.15) is 0 Å². The summed E-state index contributed by atoms with van der Waals surface area (Å²) in [5, 5.41) is 0. The maximum Gasteiger partial charge on any atom is 0.271 e. The van der Waals surface area contributed by atoms with Gasteiger partial charge in [-0.15, -0.1) is 0 Å². The number of hydrogen-bond acceptors (Lipinski definition) is 3. The molecule has 0 aromatic heterocycles. The molecule has 4 nitrogen and oxygen atoms in total. The Morgan fingerprint density at radius 1 is 0.955 bits per heavy atom. The van der Waals surface area contributed by atoms with Crippen molar-refractivity contribution >= 4 is 27.7 Å². The summed E-state index contributed by atoms with van der Waals surface area (Å²) < 4.78 is 26.4. The Labute approximate surface area is 130 Å². The molecule has 0 radical (unpaired) electrons. The Morgan fingerprint density at radius 3 is 2.14 bits per heavy atom. The van der Waals surface area contributed by atoms with Gasteiger partial charge in [-0.25, -0.2) is 8.42 Å². The summed E-state index contributed by atoms with van der Waals surface area (Å²) in [7, 11) is -4.03. The lowest BCUT2D eigenvalue weighted by atomic mass is 10.2. The molecule has 2 aromatic rings. The molecule has 22 heavy (non-hydrogen) atoms. The zero-order valence-electron chi connectivity index (χ0n) is 11.8. The van der Waals surface area contributed by atoms with Gasteiger partial charge in [0.05, 0.1) is 10.6 Å². The van der Waals surface area contributed by atoms with Crippen LogP contribution in [0, 0.1) is 0 Å². The molecule has 2 rings (SSSR count). The van der Waals surface area contributed by atoms with Crippen LogP contribution in [0.2, 0.25) is 0 Å². The third-order valence-electron chi connectivity index (χ3n) is 3.03. The van der Waals surface area contributed by atoms with Crippen molar-refractivity contribution in [2.75, 3.05) is 4.31 Å². The van der Waals surface area contributed by atoms with Gasteiger partial charge in [0, 0.05) is 0 Å². The Kier molecular flexibility index (Phi) is 4.58. The molecule has 1 amide bonds. The Balaban J connectivity index is 2.69. The van der Waals surface area contributed by atoms with Crippen LogP contribution in [0.1, 0.15) is 5.56 Å². The van der Waals surface area contributed by atoms with E-state index in [-0.39, 0.29) is 10.6 Å². The third-order valence-corrected chi connectivity index (χ3v) is 4.76. The SMILES string of the molecule is C=CC(=O)N(c1ccccc1C=C)S(=O)(=O)c1ccccc1. The van der Waals surface area contributed by atoms with E-state index in [1.807, 2.05) is 0 Å². The van der Waals surface area contributed by atoms with Crippen LogP contribution in [0.4, 0.5) is 5.69 Å².